The van der Waals surface area contributed by atoms with E-state index >= 15 is 0 Å². The zero-order valence-corrected chi connectivity index (χ0v) is 15.8. The average Bonchev–Trinajstić information content (AvgIpc) is 2.95. The SMILES string of the molecule is CSC(=NC#N)NCCSCc1occ2ccc(CN(C)C)cc12. The van der Waals surface area contributed by atoms with Crippen molar-refractivity contribution in [1.82, 2.24) is 10.2 Å². The third kappa shape index (κ3) is 5.48. The first-order valence-corrected chi connectivity index (χ1v) is 9.98. The van der Waals surface area contributed by atoms with Gasteiger partial charge in [-0.1, -0.05) is 23.9 Å². The van der Waals surface area contributed by atoms with Crippen LogP contribution in [0.3, 0.4) is 0 Å². The number of aliphatic imine (C=N–C) groups is 1. The number of fused-ring (bicyclic) bond motifs is 1. The molecule has 0 unspecified atom stereocenters. The Hall–Kier alpha value is -1.62. The zero-order chi connectivity index (χ0) is 17.4. The minimum Gasteiger partial charge on any atom is -0.467 e. The maximum atomic E-state index is 8.56. The highest BCUT2D eigenvalue weighted by molar-refractivity contribution is 8.13. The monoisotopic (exact) mass is 362 g/mol. The smallest absolute Gasteiger partial charge is 0.208 e. The molecule has 0 aliphatic heterocycles. The zero-order valence-electron chi connectivity index (χ0n) is 14.2. The van der Waals surface area contributed by atoms with Gasteiger partial charge in [0.05, 0.1) is 12.0 Å². The Balaban J connectivity index is 1.88. The molecule has 1 aromatic carbocycles. The van der Waals surface area contributed by atoms with Crippen molar-refractivity contribution in [3.8, 4) is 6.19 Å². The Morgan fingerprint density at radius 3 is 2.96 bits per heavy atom. The molecule has 1 heterocycles. The summed E-state index contributed by atoms with van der Waals surface area (Å²) in [4.78, 5) is 5.87. The summed E-state index contributed by atoms with van der Waals surface area (Å²) in [5, 5.41) is 14.7. The van der Waals surface area contributed by atoms with Crippen LogP contribution in [0, 0.1) is 11.5 Å². The van der Waals surface area contributed by atoms with Crippen LogP contribution < -0.4 is 5.32 Å². The minimum atomic E-state index is 0.662. The number of amidine groups is 1. The summed E-state index contributed by atoms with van der Waals surface area (Å²) >= 11 is 3.25. The molecular weight excluding hydrogens is 340 g/mol. The van der Waals surface area contributed by atoms with Crippen LogP contribution in [-0.2, 0) is 12.3 Å². The molecule has 2 rings (SSSR count). The van der Waals surface area contributed by atoms with E-state index in [0.29, 0.717) is 5.17 Å². The van der Waals surface area contributed by atoms with Crippen LogP contribution >= 0.6 is 23.5 Å². The lowest BCUT2D eigenvalue weighted by atomic mass is 10.1. The number of nitrogens with one attached hydrogen (secondary N) is 1. The van der Waals surface area contributed by atoms with Gasteiger partial charge in [0.25, 0.3) is 0 Å². The molecule has 0 saturated carbocycles. The van der Waals surface area contributed by atoms with E-state index in [1.54, 1.807) is 18.0 Å². The Bertz CT molecular complexity index is 734. The van der Waals surface area contributed by atoms with Crippen LogP contribution in [-0.4, -0.2) is 42.7 Å². The first-order valence-electron chi connectivity index (χ1n) is 7.60. The predicted molar refractivity (Wildman–Crippen MR) is 104 cm³/mol. The van der Waals surface area contributed by atoms with E-state index in [2.05, 4.69) is 47.5 Å². The van der Waals surface area contributed by atoms with Crippen molar-refractivity contribution in [1.29, 1.82) is 5.26 Å². The van der Waals surface area contributed by atoms with Gasteiger partial charge in [0.1, 0.15) is 5.76 Å². The lowest BCUT2D eigenvalue weighted by molar-refractivity contribution is 0.403. The molecule has 128 valence electrons. The van der Waals surface area contributed by atoms with E-state index in [9.17, 15) is 0 Å². The molecule has 2 aromatic rings. The number of rotatable bonds is 7. The van der Waals surface area contributed by atoms with E-state index in [1.165, 1.54) is 22.7 Å². The van der Waals surface area contributed by atoms with Crippen molar-refractivity contribution in [2.75, 3.05) is 32.6 Å². The Kier molecular flexibility index (Phi) is 7.50. The number of nitrogens with zero attached hydrogens (tertiary/aromatic N) is 3. The van der Waals surface area contributed by atoms with Crippen molar-refractivity contribution >= 4 is 39.5 Å². The van der Waals surface area contributed by atoms with Crippen LogP contribution in [0.4, 0.5) is 0 Å². The number of benzene rings is 1. The molecule has 0 radical (unpaired) electrons. The van der Waals surface area contributed by atoms with Gasteiger partial charge >= 0.3 is 0 Å². The van der Waals surface area contributed by atoms with Gasteiger partial charge in [0.15, 0.2) is 5.17 Å². The fourth-order valence-corrected chi connectivity index (χ4v) is 3.50. The summed E-state index contributed by atoms with van der Waals surface area (Å²) in [5.74, 6) is 2.77. The predicted octanol–water partition coefficient (Wildman–Crippen LogP) is 3.52. The van der Waals surface area contributed by atoms with Crippen LogP contribution in [0.2, 0.25) is 0 Å². The highest BCUT2D eigenvalue weighted by atomic mass is 32.2. The van der Waals surface area contributed by atoms with Crippen molar-refractivity contribution in [2.24, 2.45) is 4.99 Å². The maximum absolute atomic E-state index is 8.56. The highest BCUT2D eigenvalue weighted by Gasteiger charge is 2.08. The second kappa shape index (κ2) is 9.62. The minimum absolute atomic E-state index is 0.662. The highest BCUT2D eigenvalue weighted by Crippen LogP contribution is 2.26. The molecule has 1 aromatic heterocycles. The molecule has 0 bridgehead atoms. The summed E-state index contributed by atoms with van der Waals surface area (Å²) in [6.07, 6.45) is 5.53. The number of hydrogen-bond acceptors (Lipinski definition) is 6. The molecule has 0 fully saturated rings. The Morgan fingerprint density at radius 1 is 1.42 bits per heavy atom. The van der Waals surface area contributed by atoms with E-state index in [1.807, 2.05) is 12.5 Å². The van der Waals surface area contributed by atoms with Gasteiger partial charge in [-0.15, -0.1) is 4.99 Å². The average molecular weight is 363 g/mol. The summed E-state index contributed by atoms with van der Waals surface area (Å²) in [6, 6.07) is 6.49. The van der Waals surface area contributed by atoms with Gasteiger partial charge in [-0.05, 0) is 32.0 Å². The molecule has 0 amide bonds. The normalized spacial score (nSPS) is 11.9. The first-order chi connectivity index (χ1) is 11.6. The Labute approximate surface area is 151 Å². The van der Waals surface area contributed by atoms with Gasteiger partial charge < -0.3 is 14.6 Å². The summed E-state index contributed by atoms with van der Waals surface area (Å²) in [5.41, 5.74) is 1.29. The lowest BCUT2D eigenvalue weighted by Crippen LogP contribution is -2.22. The molecule has 7 heteroatoms. The van der Waals surface area contributed by atoms with Gasteiger partial charge in [0.2, 0.25) is 6.19 Å². The number of nitriles is 1. The van der Waals surface area contributed by atoms with Crippen molar-refractivity contribution < 1.29 is 4.42 Å². The standard InChI is InChI=1S/C17H22N4OS2/c1-21(2)9-13-4-5-14-10-22-16(15(14)8-13)11-24-7-6-19-17(23-3)20-12-18/h4-5,8,10H,6-7,9,11H2,1-3H3,(H,19,20). The van der Waals surface area contributed by atoms with Gasteiger partial charge in [-0.25, -0.2) is 0 Å². The summed E-state index contributed by atoms with van der Waals surface area (Å²) in [7, 11) is 4.14. The second-order valence-corrected chi connectivity index (χ2v) is 7.42. The molecule has 5 nitrogen and oxygen atoms in total. The topological polar surface area (TPSA) is 64.6 Å². The first kappa shape index (κ1) is 18.7. The quantitative estimate of drug-likeness (QED) is 0.352. The molecule has 0 atom stereocenters. The van der Waals surface area contributed by atoms with Crippen LogP contribution in [0.5, 0.6) is 0 Å². The van der Waals surface area contributed by atoms with E-state index < -0.39 is 0 Å². The molecular formula is C17H22N4OS2. The summed E-state index contributed by atoms with van der Waals surface area (Å²) in [6.45, 7) is 1.70. The molecule has 0 spiro atoms. The maximum Gasteiger partial charge on any atom is 0.208 e. The fraction of sp³-hybridized carbons (Fsp3) is 0.412. The number of hydrogen-bond donors (Lipinski definition) is 1. The second-order valence-electron chi connectivity index (χ2n) is 5.52. The number of furan rings is 1. The fourth-order valence-electron chi connectivity index (χ4n) is 2.32. The van der Waals surface area contributed by atoms with Crippen LogP contribution in [0.15, 0.2) is 33.9 Å². The lowest BCUT2D eigenvalue weighted by Gasteiger charge is -2.09. The van der Waals surface area contributed by atoms with Gasteiger partial charge in [-0.2, -0.15) is 17.0 Å². The van der Waals surface area contributed by atoms with Gasteiger partial charge in [-0.3, -0.25) is 0 Å². The van der Waals surface area contributed by atoms with E-state index in [0.717, 1.165) is 35.7 Å². The third-order valence-electron chi connectivity index (χ3n) is 3.35. The largest absolute Gasteiger partial charge is 0.467 e. The number of thioether (sulfide) groups is 2. The molecule has 1 N–H and O–H groups in total. The van der Waals surface area contributed by atoms with E-state index in [4.69, 9.17) is 9.68 Å². The van der Waals surface area contributed by atoms with Crippen LogP contribution in [0.25, 0.3) is 10.8 Å². The summed E-state index contributed by atoms with van der Waals surface area (Å²) < 4.78 is 5.74. The van der Waals surface area contributed by atoms with E-state index in [-0.39, 0.29) is 0 Å². The van der Waals surface area contributed by atoms with Gasteiger partial charge in [0, 0.05) is 29.6 Å². The van der Waals surface area contributed by atoms with Crippen molar-refractivity contribution in [2.45, 2.75) is 12.3 Å². The Morgan fingerprint density at radius 2 is 2.25 bits per heavy atom. The molecule has 0 saturated heterocycles. The van der Waals surface area contributed by atoms with Crippen molar-refractivity contribution in [3.05, 3.63) is 35.8 Å². The molecule has 24 heavy (non-hydrogen) atoms. The molecule has 0 aliphatic rings. The van der Waals surface area contributed by atoms with Crippen molar-refractivity contribution in [3.63, 3.8) is 0 Å². The third-order valence-corrected chi connectivity index (χ3v) is 4.93. The van der Waals surface area contributed by atoms with Crippen LogP contribution in [0.1, 0.15) is 11.3 Å². The molecule has 0 aliphatic carbocycles.